The fourth-order valence-corrected chi connectivity index (χ4v) is 2.84. The molecule has 0 aliphatic carbocycles. The summed E-state index contributed by atoms with van der Waals surface area (Å²) in [5, 5.41) is 2.80. The Kier molecular flexibility index (Phi) is 4.97. The number of nitrogens with zero attached hydrogens (tertiary/aromatic N) is 2. The van der Waals surface area contributed by atoms with Crippen molar-refractivity contribution < 1.29 is 18.0 Å². The molecule has 136 valence electrons. The van der Waals surface area contributed by atoms with Crippen molar-refractivity contribution in [1.82, 2.24) is 14.9 Å². The highest BCUT2D eigenvalue weighted by Gasteiger charge is 2.29. The highest BCUT2D eigenvalue weighted by Crippen LogP contribution is 2.29. The topological polar surface area (TPSA) is 46.9 Å². The Hall–Kier alpha value is -2.83. The molecule has 0 aliphatic rings. The van der Waals surface area contributed by atoms with Crippen LogP contribution in [0.25, 0.3) is 11.0 Å². The van der Waals surface area contributed by atoms with E-state index in [4.69, 9.17) is 0 Å². The number of amides is 1. The quantitative estimate of drug-likeness (QED) is 0.753. The number of hydrogen-bond acceptors (Lipinski definition) is 2. The van der Waals surface area contributed by atoms with Gasteiger partial charge < -0.3 is 9.88 Å². The lowest BCUT2D eigenvalue weighted by Crippen LogP contribution is -2.28. The first-order valence-corrected chi connectivity index (χ1v) is 8.19. The van der Waals surface area contributed by atoms with Crippen LogP contribution in [0.5, 0.6) is 0 Å². The van der Waals surface area contributed by atoms with E-state index in [-0.39, 0.29) is 12.3 Å². The molecule has 2 aromatic carbocycles. The molecule has 1 amide bonds. The van der Waals surface area contributed by atoms with E-state index >= 15 is 0 Å². The summed E-state index contributed by atoms with van der Waals surface area (Å²) in [6.07, 6.45) is -4.33. The number of para-hydroxylation sites is 2. The molecule has 4 nitrogen and oxygen atoms in total. The molecule has 0 radical (unpaired) electrons. The van der Waals surface area contributed by atoms with E-state index in [1.54, 1.807) is 0 Å². The smallest absolute Gasteiger partial charge is 0.354 e. The maximum absolute atomic E-state index is 12.5. The molecule has 0 saturated heterocycles. The van der Waals surface area contributed by atoms with Gasteiger partial charge in [0.15, 0.2) is 0 Å². The predicted octanol–water partition coefficient (Wildman–Crippen LogP) is 3.72. The minimum Gasteiger partial charge on any atom is -0.354 e. The van der Waals surface area contributed by atoms with E-state index in [1.807, 2.05) is 35.8 Å². The van der Waals surface area contributed by atoms with Crippen LogP contribution in [0.1, 0.15) is 17.0 Å². The summed E-state index contributed by atoms with van der Waals surface area (Å²) >= 11 is 0. The number of aryl methyl sites for hydroxylation is 1. The number of hydrogen-bond donors (Lipinski definition) is 1. The third-order valence-corrected chi connectivity index (χ3v) is 4.15. The molecule has 0 saturated carbocycles. The van der Waals surface area contributed by atoms with Crippen LogP contribution in [0.15, 0.2) is 48.5 Å². The molecule has 1 N–H and O–H groups in total. The molecule has 0 fully saturated rings. The van der Waals surface area contributed by atoms with Crippen LogP contribution in [0, 0.1) is 6.92 Å². The van der Waals surface area contributed by atoms with Gasteiger partial charge in [0.2, 0.25) is 5.91 Å². The van der Waals surface area contributed by atoms with E-state index in [1.165, 1.54) is 12.1 Å². The van der Waals surface area contributed by atoms with Crippen LogP contribution in [0.4, 0.5) is 13.2 Å². The predicted molar refractivity (Wildman–Crippen MR) is 92.6 cm³/mol. The van der Waals surface area contributed by atoms with Gasteiger partial charge in [0.05, 0.1) is 23.0 Å². The van der Waals surface area contributed by atoms with Crippen molar-refractivity contribution >= 4 is 16.9 Å². The van der Waals surface area contributed by atoms with Gasteiger partial charge in [0.25, 0.3) is 0 Å². The van der Waals surface area contributed by atoms with E-state index in [9.17, 15) is 18.0 Å². The summed E-state index contributed by atoms with van der Waals surface area (Å²) in [5.41, 5.74) is 1.73. The first-order chi connectivity index (χ1) is 12.3. The summed E-state index contributed by atoms with van der Waals surface area (Å²) in [6.45, 7) is 2.90. The number of fused-ring (bicyclic) bond motifs is 1. The molecule has 0 aliphatic heterocycles. The first-order valence-electron chi connectivity index (χ1n) is 8.19. The Morgan fingerprint density at radius 1 is 1.12 bits per heavy atom. The van der Waals surface area contributed by atoms with Crippen molar-refractivity contribution in [3.05, 3.63) is 65.5 Å². The minimum atomic E-state index is -4.37. The third kappa shape index (κ3) is 4.04. The zero-order chi connectivity index (χ0) is 18.7. The van der Waals surface area contributed by atoms with Crippen LogP contribution in [0.3, 0.4) is 0 Å². The number of imidazole rings is 1. The lowest BCUT2D eigenvalue weighted by molar-refractivity contribution is -0.137. The van der Waals surface area contributed by atoms with Gasteiger partial charge in [-0.25, -0.2) is 4.98 Å². The van der Waals surface area contributed by atoms with Crippen molar-refractivity contribution in [3.63, 3.8) is 0 Å². The van der Waals surface area contributed by atoms with Gasteiger partial charge in [-0.15, -0.1) is 0 Å². The number of alkyl halides is 3. The van der Waals surface area contributed by atoms with Gasteiger partial charge in [-0.05, 0) is 36.8 Å². The van der Waals surface area contributed by atoms with Gasteiger partial charge in [-0.1, -0.05) is 24.3 Å². The fourth-order valence-electron chi connectivity index (χ4n) is 2.84. The molecule has 7 heteroatoms. The van der Waals surface area contributed by atoms with Gasteiger partial charge in [-0.3, -0.25) is 4.79 Å². The van der Waals surface area contributed by atoms with Crippen molar-refractivity contribution in [3.8, 4) is 0 Å². The maximum Gasteiger partial charge on any atom is 0.416 e. The van der Waals surface area contributed by atoms with Crippen molar-refractivity contribution in [2.24, 2.45) is 0 Å². The largest absolute Gasteiger partial charge is 0.416 e. The van der Waals surface area contributed by atoms with E-state index in [0.717, 1.165) is 29.0 Å². The van der Waals surface area contributed by atoms with Crippen molar-refractivity contribution in [2.75, 3.05) is 6.54 Å². The van der Waals surface area contributed by atoms with Crippen LogP contribution in [0.2, 0.25) is 0 Å². The number of carbonyl (C=O) groups is 1. The first kappa shape index (κ1) is 18.0. The highest BCUT2D eigenvalue weighted by atomic mass is 19.4. The molecule has 26 heavy (non-hydrogen) atoms. The molecule has 3 rings (SSSR count). The number of aromatic nitrogens is 2. The summed E-state index contributed by atoms with van der Waals surface area (Å²) in [6, 6.07) is 12.4. The lowest BCUT2D eigenvalue weighted by Gasteiger charge is -2.10. The Morgan fingerprint density at radius 2 is 1.81 bits per heavy atom. The zero-order valence-corrected chi connectivity index (χ0v) is 14.2. The van der Waals surface area contributed by atoms with Crippen molar-refractivity contribution in [2.45, 2.75) is 26.1 Å². The van der Waals surface area contributed by atoms with Crippen molar-refractivity contribution in [1.29, 1.82) is 0 Å². The molecule has 0 atom stereocenters. The average Bonchev–Trinajstić information content (AvgIpc) is 2.90. The Morgan fingerprint density at radius 3 is 2.50 bits per heavy atom. The number of rotatable bonds is 5. The molecule has 0 unspecified atom stereocenters. The van der Waals surface area contributed by atoms with Crippen LogP contribution in [-0.2, 0) is 23.9 Å². The van der Waals surface area contributed by atoms with E-state index < -0.39 is 11.7 Å². The number of carbonyl (C=O) groups excluding carboxylic acids is 1. The number of benzene rings is 2. The summed E-state index contributed by atoms with van der Waals surface area (Å²) in [4.78, 5) is 16.5. The Bertz CT molecular complexity index is 914. The lowest BCUT2D eigenvalue weighted by atomic mass is 10.1. The summed E-state index contributed by atoms with van der Waals surface area (Å²) in [7, 11) is 0. The standard InChI is InChI=1S/C19H18F3N3O/c1-13-24-16-4-2-3-5-17(16)25(13)11-10-23-18(26)12-14-6-8-15(9-7-14)19(20,21)22/h2-9H,10-12H2,1H3,(H,23,26). The molecule has 3 aromatic rings. The molecular weight excluding hydrogens is 343 g/mol. The van der Waals surface area contributed by atoms with E-state index in [0.29, 0.717) is 18.7 Å². The maximum atomic E-state index is 12.5. The second-order valence-corrected chi connectivity index (χ2v) is 6.02. The molecular formula is C19H18F3N3O. The minimum absolute atomic E-state index is 0.0434. The normalized spacial score (nSPS) is 11.7. The van der Waals surface area contributed by atoms with Crippen LogP contribution >= 0.6 is 0 Å². The van der Waals surface area contributed by atoms with E-state index in [2.05, 4.69) is 10.3 Å². The summed E-state index contributed by atoms with van der Waals surface area (Å²) in [5.74, 6) is 0.634. The second kappa shape index (κ2) is 7.19. The SMILES string of the molecule is Cc1nc2ccccc2n1CCNC(=O)Cc1ccc(C(F)(F)F)cc1. The van der Waals surface area contributed by atoms with Crippen LogP contribution in [-0.4, -0.2) is 22.0 Å². The second-order valence-electron chi connectivity index (χ2n) is 6.02. The monoisotopic (exact) mass is 361 g/mol. The fraction of sp³-hybridized carbons (Fsp3) is 0.263. The third-order valence-electron chi connectivity index (χ3n) is 4.15. The summed E-state index contributed by atoms with van der Waals surface area (Å²) < 4.78 is 39.6. The van der Waals surface area contributed by atoms with Gasteiger partial charge in [-0.2, -0.15) is 13.2 Å². The highest BCUT2D eigenvalue weighted by molar-refractivity contribution is 5.78. The average molecular weight is 361 g/mol. The van der Waals surface area contributed by atoms with Gasteiger partial charge in [0.1, 0.15) is 5.82 Å². The van der Waals surface area contributed by atoms with Crippen LogP contribution < -0.4 is 5.32 Å². The number of halogens is 3. The van der Waals surface area contributed by atoms with Gasteiger partial charge >= 0.3 is 6.18 Å². The Labute approximate surface area is 148 Å². The Balaban J connectivity index is 1.55. The number of nitrogens with one attached hydrogen (secondary N) is 1. The van der Waals surface area contributed by atoms with Gasteiger partial charge in [0, 0.05) is 13.1 Å². The molecule has 1 aromatic heterocycles. The molecule has 1 heterocycles. The zero-order valence-electron chi connectivity index (χ0n) is 14.2. The molecule has 0 bridgehead atoms. The molecule has 0 spiro atoms.